The third-order valence-corrected chi connectivity index (χ3v) is 10.5. The maximum atomic E-state index is 13.6. The highest BCUT2D eigenvalue weighted by Crippen LogP contribution is 2.33. The maximum absolute atomic E-state index is 13.6. The molecule has 0 unspecified atom stereocenters. The van der Waals surface area contributed by atoms with Crippen molar-refractivity contribution < 1.29 is 9.53 Å². The van der Waals surface area contributed by atoms with E-state index in [4.69, 9.17) is 9.72 Å². The Morgan fingerprint density at radius 2 is 1.54 bits per heavy atom. The van der Waals surface area contributed by atoms with E-state index in [-0.39, 0.29) is 11.9 Å². The first-order valence-electron chi connectivity index (χ1n) is 15.9. The minimum Gasteiger partial charge on any atom is -0.497 e. The van der Waals surface area contributed by atoms with E-state index in [1.165, 1.54) is 28.0 Å². The average Bonchev–Trinajstić information content (AvgIpc) is 3.80. The fourth-order valence-corrected chi connectivity index (χ4v) is 7.81. The summed E-state index contributed by atoms with van der Waals surface area (Å²) >= 11 is 3.07. The number of rotatable bonds is 10. The van der Waals surface area contributed by atoms with Crippen molar-refractivity contribution in [2.24, 2.45) is 0 Å². The number of ether oxygens (including phenoxy) is 1. The fourth-order valence-electron chi connectivity index (χ4n) is 6.07. The number of methoxy groups -OCH3 is 1. The monoisotopic (exact) mass is 672 g/mol. The highest BCUT2D eigenvalue weighted by molar-refractivity contribution is 7.98. The zero-order chi connectivity index (χ0) is 32.9. The Balaban J connectivity index is 1.04. The number of thioether (sulfide) groups is 1. The number of hydrogen-bond acceptors (Lipinski definition) is 8. The summed E-state index contributed by atoms with van der Waals surface area (Å²) in [5.41, 5.74) is 6.09. The molecule has 242 valence electrons. The van der Waals surface area contributed by atoms with Crippen LogP contribution in [0.3, 0.4) is 0 Å². The molecule has 6 aromatic rings. The molecule has 0 N–H and O–H groups in total. The molecule has 0 saturated carbocycles. The molecule has 0 bridgehead atoms. The van der Waals surface area contributed by atoms with Crippen molar-refractivity contribution in [1.82, 2.24) is 29.5 Å². The lowest BCUT2D eigenvalue weighted by molar-refractivity contribution is 0.0592. The van der Waals surface area contributed by atoms with Crippen LogP contribution in [-0.4, -0.2) is 68.7 Å². The molecule has 1 aliphatic rings. The first-order chi connectivity index (χ1) is 23.6. The van der Waals surface area contributed by atoms with Gasteiger partial charge in [0.2, 0.25) is 0 Å². The second-order valence-electron chi connectivity index (χ2n) is 11.7. The quantitative estimate of drug-likeness (QED) is 0.139. The molecule has 0 radical (unpaired) electrons. The Morgan fingerprint density at radius 1 is 0.854 bits per heavy atom. The van der Waals surface area contributed by atoms with Crippen LogP contribution in [-0.2, 0) is 5.75 Å². The van der Waals surface area contributed by atoms with Crippen molar-refractivity contribution >= 4 is 29.0 Å². The van der Waals surface area contributed by atoms with Crippen LogP contribution < -0.4 is 4.74 Å². The molecule has 3 heterocycles. The van der Waals surface area contributed by atoms with Crippen LogP contribution >= 0.6 is 23.1 Å². The molecule has 0 aliphatic carbocycles. The first-order valence-corrected chi connectivity index (χ1v) is 17.8. The zero-order valence-corrected chi connectivity index (χ0v) is 28.5. The van der Waals surface area contributed by atoms with Gasteiger partial charge in [0.1, 0.15) is 16.5 Å². The second-order valence-corrected chi connectivity index (χ2v) is 13.6. The molecule has 7 rings (SSSR count). The molecule has 10 heteroatoms. The second kappa shape index (κ2) is 14.6. The van der Waals surface area contributed by atoms with Gasteiger partial charge in [-0.05, 0) is 42.3 Å². The van der Waals surface area contributed by atoms with Crippen LogP contribution in [0.5, 0.6) is 5.75 Å². The van der Waals surface area contributed by atoms with Gasteiger partial charge < -0.3 is 9.64 Å². The third-order valence-electron chi connectivity index (χ3n) is 8.55. The van der Waals surface area contributed by atoms with Gasteiger partial charge in [-0.15, -0.1) is 21.5 Å². The Labute approximate surface area is 289 Å². The van der Waals surface area contributed by atoms with Gasteiger partial charge in [0.15, 0.2) is 11.0 Å². The lowest BCUT2D eigenvalue weighted by Gasteiger charge is -2.39. The summed E-state index contributed by atoms with van der Waals surface area (Å²) in [6.07, 6.45) is 0. The molecule has 48 heavy (non-hydrogen) atoms. The van der Waals surface area contributed by atoms with E-state index in [0.29, 0.717) is 24.5 Å². The molecule has 0 spiro atoms. The normalized spacial score (nSPS) is 13.6. The third kappa shape index (κ3) is 6.92. The SMILES string of the molecule is COc1cccc(-c2nnc(SCc3nc(C(=O)N4CCN(C(c5ccccc5)c5ccccc5)CC4)cs3)n2-c2ccc(C)cc2)c1. The Kier molecular flexibility index (Phi) is 9.65. The number of thiazole rings is 1. The number of aromatic nitrogens is 4. The zero-order valence-electron chi connectivity index (χ0n) is 26.9. The molecule has 2 aromatic heterocycles. The van der Waals surface area contributed by atoms with Gasteiger partial charge in [-0.2, -0.15) is 0 Å². The summed E-state index contributed by atoms with van der Waals surface area (Å²) in [4.78, 5) is 22.8. The maximum Gasteiger partial charge on any atom is 0.273 e. The number of amides is 1. The van der Waals surface area contributed by atoms with Crippen LogP contribution in [0.4, 0.5) is 0 Å². The molecule has 8 nitrogen and oxygen atoms in total. The molecule has 1 amide bonds. The first kappa shape index (κ1) is 31.8. The summed E-state index contributed by atoms with van der Waals surface area (Å²) in [7, 11) is 1.66. The van der Waals surface area contributed by atoms with Gasteiger partial charge in [-0.1, -0.05) is 102 Å². The van der Waals surface area contributed by atoms with Gasteiger partial charge in [-0.25, -0.2) is 4.98 Å². The van der Waals surface area contributed by atoms with Gasteiger partial charge in [-0.3, -0.25) is 14.3 Å². The van der Waals surface area contributed by atoms with Crippen LogP contribution in [0.2, 0.25) is 0 Å². The number of aryl methyl sites for hydroxylation is 1. The molecule has 4 aromatic carbocycles. The molecule has 1 fully saturated rings. The lowest BCUT2D eigenvalue weighted by Crippen LogP contribution is -2.50. The smallest absolute Gasteiger partial charge is 0.273 e. The largest absolute Gasteiger partial charge is 0.497 e. The van der Waals surface area contributed by atoms with E-state index < -0.39 is 0 Å². The van der Waals surface area contributed by atoms with Crippen LogP contribution in [0.15, 0.2) is 120 Å². The summed E-state index contributed by atoms with van der Waals surface area (Å²) in [6, 6.07) is 37.5. The minimum atomic E-state index is -0.0127. The number of carbonyl (C=O) groups is 1. The summed E-state index contributed by atoms with van der Waals surface area (Å²) in [5, 5.41) is 12.7. The van der Waals surface area contributed by atoms with Gasteiger partial charge >= 0.3 is 0 Å². The summed E-state index contributed by atoms with van der Waals surface area (Å²) in [5.74, 6) is 2.05. The van der Waals surface area contributed by atoms with Crippen molar-refractivity contribution in [2.45, 2.75) is 23.9 Å². The molecule has 1 aliphatic heterocycles. The van der Waals surface area contributed by atoms with Gasteiger partial charge in [0.05, 0.1) is 18.9 Å². The molecular formula is C38H36N6O2S2. The average molecular weight is 673 g/mol. The van der Waals surface area contributed by atoms with Gasteiger partial charge in [0, 0.05) is 42.8 Å². The van der Waals surface area contributed by atoms with Crippen molar-refractivity contribution in [3.05, 3.63) is 142 Å². The van der Waals surface area contributed by atoms with Gasteiger partial charge in [0.25, 0.3) is 5.91 Å². The molecular weight excluding hydrogens is 637 g/mol. The molecule has 1 saturated heterocycles. The Bertz CT molecular complexity index is 1930. The van der Waals surface area contributed by atoms with Crippen molar-refractivity contribution in [3.63, 3.8) is 0 Å². The standard InChI is InChI=1S/C38H36N6O2S2/c1-27-16-18-31(19-17-27)44-36(30-14-9-15-32(24-30)46-2)40-41-38(44)48-26-34-39-33(25-47-34)37(45)43-22-20-42(21-23-43)35(28-10-5-3-6-11-28)29-12-7-4-8-13-29/h3-19,24-25,35H,20-23,26H2,1-2H3. The number of piperazine rings is 1. The van der Waals surface area contributed by atoms with E-state index >= 15 is 0 Å². The minimum absolute atomic E-state index is 0.0127. The number of carbonyl (C=O) groups excluding carboxylic acids is 1. The topological polar surface area (TPSA) is 76.4 Å². The van der Waals surface area contributed by atoms with E-state index in [9.17, 15) is 4.79 Å². The van der Waals surface area contributed by atoms with E-state index in [2.05, 4.69) is 112 Å². The summed E-state index contributed by atoms with van der Waals surface area (Å²) < 4.78 is 7.53. The predicted octanol–water partition coefficient (Wildman–Crippen LogP) is 7.55. The number of hydrogen-bond donors (Lipinski definition) is 0. The van der Waals surface area contributed by atoms with Crippen molar-refractivity contribution in [2.75, 3.05) is 33.3 Å². The van der Waals surface area contributed by atoms with Crippen LogP contribution in [0.25, 0.3) is 17.1 Å². The van der Waals surface area contributed by atoms with Crippen molar-refractivity contribution in [1.29, 1.82) is 0 Å². The fraction of sp³-hybridized carbons (Fsp3) is 0.211. The molecule has 0 atom stereocenters. The lowest BCUT2D eigenvalue weighted by atomic mass is 9.96. The van der Waals surface area contributed by atoms with Crippen LogP contribution in [0, 0.1) is 6.92 Å². The van der Waals surface area contributed by atoms with Crippen LogP contribution in [0.1, 0.15) is 38.2 Å². The summed E-state index contributed by atoms with van der Waals surface area (Å²) in [6.45, 7) is 4.96. The number of nitrogens with zero attached hydrogens (tertiary/aromatic N) is 6. The van der Waals surface area contributed by atoms with E-state index in [0.717, 1.165) is 46.1 Å². The van der Waals surface area contributed by atoms with E-state index in [1.54, 1.807) is 18.9 Å². The Morgan fingerprint density at radius 3 is 2.21 bits per heavy atom. The number of benzene rings is 4. The highest BCUT2D eigenvalue weighted by Gasteiger charge is 2.29. The van der Waals surface area contributed by atoms with Crippen molar-refractivity contribution in [3.8, 4) is 22.8 Å². The Hall–Kier alpha value is -4.77. The van der Waals surface area contributed by atoms with E-state index in [1.807, 2.05) is 34.5 Å². The highest BCUT2D eigenvalue weighted by atomic mass is 32.2. The predicted molar refractivity (Wildman–Crippen MR) is 192 cm³/mol.